The molecule has 7 nitrogen and oxygen atoms in total. The molecule has 43 heavy (non-hydrogen) atoms. The first-order valence-electron chi connectivity index (χ1n) is 14.1. The second-order valence-electron chi connectivity index (χ2n) is 10.5. The van der Waals surface area contributed by atoms with Gasteiger partial charge in [-0.2, -0.15) is 0 Å². The number of aromatic nitrogens is 1. The van der Waals surface area contributed by atoms with Crippen LogP contribution < -0.4 is 24.0 Å². The van der Waals surface area contributed by atoms with Crippen LogP contribution in [0.1, 0.15) is 28.1 Å². The minimum atomic E-state index is -0.899. The van der Waals surface area contributed by atoms with Crippen molar-refractivity contribution in [1.82, 2.24) is 5.16 Å². The molecule has 7 heteroatoms. The van der Waals surface area contributed by atoms with E-state index in [-0.39, 0.29) is 0 Å². The molecule has 0 fully saturated rings. The zero-order valence-electron chi connectivity index (χ0n) is 24.2. The van der Waals surface area contributed by atoms with Gasteiger partial charge in [0.25, 0.3) is 0 Å². The normalized spacial score (nSPS) is 17.3. The second-order valence-corrected chi connectivity index (χ2v) is 10.5. The molecule has 1 atom stereocenters. The highest BCUT2D eigenvalue weighted by Gasteiger charge is 2.53. The minimum absolute atomic E-state index is 0.474. The third kappa shape index (κ3) is 4.59. The molecule has 1 unspecified atom stereocenters. The number of fused-ring (bicyclic) bond motifs is 3. The molecule has 2 aliphatic rings. The van der Waals surface area contributed by atoms with Crippen LogP contribution in [0.2, 0.25) is 0 Å². The van der Waals surface area contributed by atoms with E-state index in [0.717, 1.165) is 56.7 Å². The lowest BCUT2D eigenvalue weighted by Gasteiger charge is -2.46. The number of ether oxygens (including phenoxy) is 3. The van der Waals surface area contributed by atoms with E-state index in [1.165, 1.54) is 0 Å². The average molecular weight is 570 g/mol. The highest BCUT2D eigenvalue weighted by molar-refractivity contribution is 5.89. The van der Waals surface area contributed by atoms with Crippen molar-refractivity contribution < 1.29 is 18.7 Å². The van der Waals surface area contributed by atoms with Crippen LogP contribution in [-0.2, 0) is 5.72 Å². The third-order valence-electron chi connectivity index (χ3n) is 7.95. The molecule has 0 radical (unpaired) electrons. The number of nitrogens with zero attached hydrogens (tertiary/aromatic N) is 3. The molecule has 0 saturated heterocycles. The highest BCUT2D eigenvalue weighted by atomic mass is 16.5. The molecule has 5 aromatic rings. The van der Waals surface area contributed by atoms with Crippen molar-refractivity contribution in [2.75, 3.05) is 30.6 Å². The van der Waals surface area contributed by atoms with Gasteiger partial charge in [-0.15, -0.1) is 0 Å². The van der Waals surface area contributed by atoms with E-state index in [1.807, 2.05) is 79.7 Å². The SMILES string of the molecule is COc1ccc(C2=CN(c3c(C)noc3/C=C/c3ccccc3)CC3(c4ccc(OC)cc4)Oc4ccccc4N23)cc1. The summed E-state index contributed by atoms with van der Waals surface area (Å²) in [4.78, 5) is 4.49. The van der Waals surface area contributed by atoms with Crippen LogP contribution in [0, 0.1) is 6.92 Å². The van der Waals surface area contributed by atoms with Crippen molar-refractivity contribution >= 4 is 29.2 Å². The molecule has 214 valence electrons. The number of hydrogen-bond acceptors (Lipinski definition) is 7. The molecule has 1 aromatic heterocycles. The van der Waals surface area contributed by atoms with E-state index in [9.17, 15) is 0 Å². The van der Waals surface area contributed by atoms with Gasteiger partial charge in [-0.25, -0.2) is 0 Å². The van der Waals surface area contributed by atoms with E-state index >= 15 is 0 Å². The van der Waals surface area contributed by atoms with Crippen LogP contribution in [-0.4, -0.2) is 25.9 Å². The summed E-state index contributed by atoms with van der Waals surface area (Å²) in [5, 5.41) is 4.38. The topological polar surface area (TPSA) is 60.2 Å². The standard InChI is InChI=1S/C36H31N3O4/c1-25-35(34(43-37-25)22-13-26-9-5-4-6-10-26)38-23-32(27-14-18-29(40-2)19-15-27)39-31-11-7-8-12-33(31)42-36(39,24-38)28-16-20-30(41-3)21-17-28/h4-23H,24H2,1-3H3/b22-13+. The number of methoxy groups -OCH3 is 2. The Bertz CT molecular complexity index is 1810. The first-order chi connectivity index (χ1) is 21.1. The summed E-state index contributed by atoms with van der Waals surface area (Å²) in [5.41, 5.74) is 5.80. The van der Waals surface area contributed by atoms with Gasteiger partial charge in [-0.1, -0.05) is 53.7 Å². The smallest absolute Gasteiger partial charge is 0.231 e. The summed E-state index contributed by atoms with van der Waals surface area (Å²) in [7, 11) is 3.35. The lowest BCUT2D eigenvalue weighted by atomic mass is 9.95. The summed E-state index contributed by atoms with van der Waals surface area (Å²) in [6, 6.07) is 34.5. The Labute approximate surface area is 250 Å². The average Bonchev–Trinajstić information content (AvgIpc) is 3.61. The highest BCUT2D eigenvalue weighted by Crippen LogP contribution is 2.54. The Morgan fingerprint density at radius 3 is 2.19 bits per heavy atom. The quantitative estimate of drug-likeness (QED) is 0.199. The molecular weight excluding hydrogens is 538 g/mol. The van der Waals surface area contributed by atoms with Gasteiger partial charge in [0, 0.05) is 17.3 Å². The zero-order chi connectivity index (χ0) is 29.4. The van der Waals surface area contributed by atoms with Gasteiger partial charge in [0.1, 0.15) is 28.6 Å². The van der Waals surface area contributed by atoms with Gasteiger partial charge in [-0.3, -0.25) is 4.90 Å². The number of para-hydroxylation sites is 2. The van der Waals surface area contributed by atoms with E-state index in [4.69, 9.17) is 18.7 Å². The molecule has 0 saturated carbocycles. The van der Waals surface area contributed by atoms with Crippen molar-refractivity contribution in [2.24, 2.45) is 0 Å². The molecule has 0 aliphatic carbocycles. The van der Waals surface area contributed by atoms with Crippen LogP contribution in [0.5, 0.6) is 17.2 Å². The van der Waals surface area contributed by atoms with Crippen molar-refractivity contribution in [3.05, 3.63) is 137 Å². The van der Waals surface area contributed by atoms with Gasteiger partial charge in [0.05, 0.1) is 32.1 Å². The fourth-order valence-corrected chi connectivity index (χ4v) is 5.88. The molecule has 0 amide bonds. The van der Waals surface area contributed by atoms with Crippen LogP contribution in [0.3, 0.4) is 0 Å². The predicted octanol–water partition coefficient (Wildman–Crippen LogP) is 7.74. The zero-order valence-corrected chi connectivity index (χ0v) is 24.2. The Balaban J connectivity index is 1.42. The maximum atomic E-state index is 7.00. The van der Waals surface area contributed by atoms with Gasteiger partial charge >= 0.3 is 0 Å². The molecule has 7 rings (SSSR count). The van der Waals surface area contributed by atoms with Crippen LogP contribution in [0.25, 0.3) is 17.8 Å². The maximum absolute atomic E-state index is 7.00. The maximum Gasteiger partial charge on any atom is 0.231 e. The van der Waals surface area contributed by atoms with Gasteiger partial charge in [-0.05, 0) is 79.2 Å². The summed E-state index contributed by atoms with van der Waals surface area (Å²) < 4.78 is 23.9. The summed E-state index contributed by atoms with van der Waals surface area (Å²) in [5.74, 6) is 3.05. The number of rotatable bonds is 7. The Kier molecular flexibility index (Phi) is 6.62. The van der Waals surface area contributed by atoms with Crippen molar-refractivity contribution in [3.8, 4) is 17.2 Å². The van der Waals surface area contributed by atoms with E-state index < -0.39 is 5.72 Å². The first kappa shape index (κ1) is 26.5. The van der Waals surface area contributed by atoms with Gasteiger partial charge in [0.15, 0.2) is 5.76 Å². The monoisotopic (exact) mass is 569 g/mol. The largest absolute Gasteiger partial charge is 0.497 e. The van der Waals surface area contributed by atoms with Crippen molar-refractivity contribution in [1.29, 1.82) is 0 Å². The summed E-state index contributed by atoms with van der Waals surface area (Å²) in [6.45, 7) is 2.44. The van der Waals surface area contributed by atoms with Crippen molar-refractivity contribution in [2.45, 2.75) is 12.6 Å². The van der Waals surface area contributed by atoms with Crippen LogP contribution in [0.15, 0.2) is 114 Å². The second kappa shape index (κ2) is 10.8. The lowest BCUT2D eigenvalue weighted by Crippen LogP contribution is -2.56. The lowest BCUT2D eigenvalue weighted by molar-refractivity contribution is 0.103. The molecule has 0 bridgehead atoms. The van der Waals surface area contributed by atoms with Gasteiger partial charge in [0.2, 0.25) is 5.72 Å². The van der Waals surface area contributed by atoms with Crippen LogP contribution >= 0.6 is 0 Å². The van der Waals surface area contributed by atoms with E-state index in [2.05, 4.69) is 63.6 Å². The third-order valence-corrected chi connectivity index (χ3v) is 7.95. The Morgan fingerprint density at radius 2 is 1.47 bits per heavy atom. The van der Waals surface area contributed by atoms with Crippen molar-refractivity contribution in [3.63, 3.8) is 0 Å². The summed E-state index contributed by atoms with van der Waals surface area (Å²) in [6.07, 6.45) is 6.17. The fraction of sp³-hybridized carbons (Fsp3) is 0.139. The van der Waals surface area contributed by atoms with Crippen LogP contribution in [0.4, 0.5) is 11.4 Å². The number of anilines is 2. The molecule has 4 aromatic carbocycles. The number of hydrogen-bond donors (Lipinski definition) is 0. The first-order valence-corrected chi connectivity index (χ1v) is 14.1. The Morgan fingerprint density at radius 1 is 0.791 bits per heavy atom. The fourth-order valence-electron chi connectivity index (χ4n) is 5.88. The number of aryl methyl sites for hydroxylation is 1. The van der Waals surface area contributed by atoms with Gasteiger partial charge < -0.3 is 23.6 Å². The molecular formula is C36H31N3O4. The minimum Gasteiger partial charge on any atom is -0.497 e. The molecule has 2 aliphatic heterocycles. The van der Waals surface area contributed by atoms with E-state index in [0.29, 0.717) is 12.3 Å². The predicted molar refractivity (Wildman–Crippen MR) is 169 cm³/mol. The molecule has 0 N–H and O–H groups in total. The molecule has 3 heterocycles. The molecule has 0 spiro atoms. The summed E-state index contributed by atoms with van der Waals surface area (Å²) >= 11 is 0. The number of benzene rings is 4. The van der Waals surface area contributed by atoms with E-state index in [1.54, 1.807) is 14.2 Å². The Hall–Kier alpha value is -5.43.